The molecule has 0 radical (unpaired) electrons. The molecule has 1 aliphatic heterocycles. The molecule has 0 saturated carbocycles. The smallest absolute Gasteiger partial charge is 0.115 e. The van der Waals surface area contributed by atoms with Crippen LogP contribution < -0.4 is 0 Å². The summed E-state index contributed by atoms with van der Waals surface area (Å²) < 4.78 is 7.39. The van der Waals surface area contributed by atoms with Gasteiger partial charge in [-0.1, -0.05) is 12.1 Å². The minimum absolute atomic E-state index is 0.288. The normalized spacial score (nSPS) is 16.9. The Bertz CT molecular complexity index is 513. The van der Waals surface area contributed by atoms with Gasteiger partial charge in [-0.05, 0) is 30.5 Å². The highest BCUT2D eigenvalue weighted by molar-refractivity contribution is 5.62. The van der Waals surface area contributed by atoms with Crippen LogP contribution in [0.25, 0.3) is 11.1 Å². The molecule has 94 valence electrons. The van der Waals surface area contributed by atoms with Crippen molar-refractivity contribution in [2.45, 2.75) is 18.9 Å². The number of rotatable bonds is 2. The first-order chi connectivity index (χ1) is 8.83. The summed E-state index contributed by atoms with van der Waals surface area (Å²) >= 11 is 0. The predicted molar refractivity (Wildman–Crippen MR) is 68.4 cm³/mol. The summed E-state index contributed by atoms with van der Waals surface area (Å²) in [5.41, 5.74) is 2.16. The summed E-state index contributed by atoms with van der Waals surface area (Å²) in [6.07, 6.45) is 6.00. The molecule has 3 rings (SSSR count). The van der Waals surface area contributed by atoms with Crippen molar-refractivity contribution in [3.63, 3.8) is 0 Å². The maximum Gasteiger partial charge on any atom is 0.115 e. The molecular weight excluding hydrogens is 228 g/mol. The number of phenolic OH excluding ortho intramolecular Hbond substituents is 1. The minimum atomic E-state index is 0.288. The number of ether oxygens (including phenoxy) is 1. The molecule has 1 aliphatic rings. The van der Waals surface area contributed by atoms with Gasteiger partial charge in [0.2, 0.25) is 0 Å². The van der Waals surface area contributed by atoms with E-state index in [0.29, 0.717) is 6.04 Å². The van der Waals surface area contributed by atoms with E-state index in [1.54, 1.807) is 12.1 Å². The Hall–Kier alpha value is -1.81. The van der Waals surface area contributed by atoms with Crippen LogP contribution in [0, 0.1) is 0 Å². The lowest BCUT2D eigenvalue weighted by Crippen LogP contribution is -2.19. The zero-order valence-corrected chi connectivity index (χ0v) is 10.1. The topological polar surface area (TPSA) is 47.3 Å². The molecule has 0 aliphatic carbocycles. The maximum absolute atomic E-state index is 9.28. The third kappa shape index (κ3) is 2.24. The maximum atomic E-state index is 9.28. The average Bonchev–Trinajstić information content (AvgIpc) is 2.90. The van der Waals surface area contributed by atoms with Gasteiger partial charge in [-0.2, -0.15) is 5.10 Å². The second kappa shape index (κ2) is 4.82. The Morgan fingerprint density at radius 3 is 2.56 bits per heavy atom. The highest BCUT2D eigenvalue weighted by Crippen LogP contribution is 2.25. The van der Waals surface area contributed by atoms with Crippen LogP contribution >= 0.6 is 0 Å². The molecule has 2 heterocycles. The van der Waals surface area contributed by atoms with Gasteiger partial charge in [0.15, 0.2) is 0 Å². The Balaban J connectivity index is 1.82. The SMILES string of the molecule is Oc1ccc(-c2cnn(C3CCOCC3)c2)cc1. The van der Waals surface area contributed by atoms with Crippen molar-refractivity contribution in [1.29, 1.82) is 0 Å². The monoisotopic (exact) mass is 244 g/mol. The Labute approximate surface area is 106 Å². The standard InChI is InChI=1S/C14H16N2O2/c17-14-3-1-11(2-4-14)12-9-15-16(10-12)13-5-7-18-8-6-13/h1-4,9-10,13,17H,5-8H2. The number of phenols is 1. The molecule has 2 aromatic rings. The first-order valence-electron chi connectivity index (χ1n) is 6.24. The third-order valence-corrected chi connectivity index (χ3v) is 3.37. The fraction of sp³-hybridized carbons (Fsp3) is 0.357. The first-order valence-corrected chi connectivity index (χ1v) is 6.24. The van der Waals surface area contributed by atoms with Crippen LogP contribution in [0.15, 0.2) is 36.7 Å². The molecule has 0 amide bonds. The summed E-state index contributed by atoms with van der Waals surface area (Å²) in [7, 11) is 0. The highest BCUT2D eigenvalue weighted by atomic mass is 16.5. The van der Waals surface area contributed by atoms with E-state index in [-0.39, 0.29) is 5.75 Å². The lowest BCUT2D eigenvalue weighted by molar-refractivity contribution is 0.0662. The van der Waals surface area contributed by atoms with Crippen LogP contribution in [0.1, 0.15) is 18.9 Å². The molecule has 0 spiro atoms. The molecule has 4 heteroatoms. The van der Waals surface area contributed by atoms with Crippen LogP contribution in [0.5, 0.6) is 5.75 Å². The quantitative estimate of drug-likeness (QED) is 0.883. The number of hydrogen-bond donors (Lipinski definition) is 1. The molecular formula is C14H16N2O2. The van der Waals surface area contributed by atoms with Gasteiger partial charge < -0.3 is 9.84 Å². The minimum Gasteiger partial charge on any atom is -0.508 e. The van der Waals surface area contributed by atoms with E-state index < -0.39 is 0 Å². The second-order valence-corrected chi connectivity index (χ2v) is 4.60. The van der Waals surface area contributed by atoms with Crippen molar-refractivity contribution >= 4 is 0 Å². The fourth-order valence-electron chi connectivity index (χ4n) is 2.29. The number of nitrogens with zero attached hydrogens (tertiary/aromatic N) is 2. The van der Waals surface area contributed by atoms with Gasteiger partial charge in [0.05, 0.1) is 12.2 Å². The summed E-state index contributed by atoms with van der Waals surface area (Å²) in [6, 6.07) is 7.65. The van der Waals surface area contributed by atoms with E-state index in [2.05, 4.69) is 11.3 Å². The first kappa shape index (κ1) is 11.3. The third-order valence-electron chi connectivity index (χ3n) is 3.37. The predicted octanol–water partition coefficient (Wildman–Crippen LogP) is 2.61. The van der Waals surface area contributed by atoms with Gasteiger partial charge in [0.1, 0.15) is 5.75 Å². The van der Waals surface area contributed by atoms with Crippen LogP contribution in [0.3, 0.4) is 0 Å². The Morgan fingerprint density at radius 2 is 1.83 bits per heavy atom. The summed E-state index contributed by atoms with van der Waals surface area (Å²) in [5.74, 6) is 0.288. The number of hydrogen-bond acceptors (Lipinski definition) is 3. The molecule has 1 aromatic carbocycles. The molecule has 18 heavy (non-hydrogen) atoms. The largest absolute Gasteiger partial charge is 0.508 e. The van der Waals surface area contributed by atoms with E-state index in [0.717, 1.165) is 37.2 Å². The fourth-order valence-corrected chi connectivity index (χ4v) is 2.29. The van der Waals surface area contributed by atoms with Crippen LogP contribution in [-0.4, -0.2) is 28.1 Å². The van der Waals surface area contributed by atoms with E-state index in [4.69, 9.17) is 4.74 Å². The number of benzene rings is 1. The summed E-state index contributed by atoms with van der Waals surface area (Å²) in [5, 5.41) is 13.7. The van der Waals surface area contributed by atoms with Gasteiger partial charge in [0, 0.05) is 25.0 Å². The molecule has 0 atom stereocenters. The van der Waals surface area contributed by atoms with Gasteiger partial charge in [-0.15, -0.1) is 0 Å². The number of aromatic nitrogens is 2. The molecule has 1 fully saturated rings. The van der Waals surface area contributed by atoms with E-state index in [9.17, 15) is 5.11 Å². The van der Waals surface area contributed by atoms with Crippen molar-refractivity contribution in [3.05, 3.63) is 36.7 Å². The molecule has 1 saturated heterocycles. The van der Waals surface area contributed by atoms with E-state index >= 15 is 0 Å². The van der Waals surface area contributed by atoms with Crippen LogP contribution in [0.2, 0.25) is 0 Å². The molecule has 4 nitrogen and oxygen atoms in total. The van der Waals surface area contributed by atoms with Gasteiger partial charge in [0.25, 0.3) is 0 Å². The van der Waals surface area contributed by atoms with E-state index in [1.165, 1.54) is 0 Å². The highest BCUT2D eigenvalue weighted by Gasteiger charge is 2.16. The van der Waals surface area contributed by atoms with Gasteiger partial charge in [-0.3, -0.25) is 4.68 Å². The average molecular weight is 244 g/mol. The Morgan fingerprint density at radius 1 is 1.11 bits per heavy atom. The Kier molecular flexibility index (Phi) is 3.02. The lowest BCUT2D eigenvalue weighted by Gasteiger charge is -2.22. The van der Waals surface area contributed by atoms with Crippen molar-refractivity contribution in [2.24, 2.45) is 0 Å². The van der Waals surface area contributed by atoms with Crippen LogP contribution in [0.4, 0.5) is 0 Å². The van der Waals surface area contributed by atoms with Crippen molar-refractivity contribution < 1.29 is 9.84 Å². The lowest BCUT2D eigenvalue weighted by atomic mass is 10.1. The van der Waals surface area contributed by atoms with E-state index in [1.807, 2.05) is 23.0 Å². The van der Waals surface area contributed by atoms with Crippen molar-refractivity contribution in [2.75, 3.05) is 13.2 Å². The zero-order chi connectivity index (χ0) is 12.4. The molecule has 1 N–H and O–H groups in total. The molecule has 0 unspecified atom stereocenters. The van der Waals surface area contributed by atoms with Crippen molar-refractivity contribution in [3.8, 4) is 16.9 Å². The molecule has 1 aromatic heterocycles. The van der Waals surface area contributed by atoms with Crippen LogP contribution in [-0.2, 0) is 4.74 Å². The summed E-state index contributed by atoms with van der Waals surface area (Å²) in [6.45, 7) is 1.64. The molecule has 0 bridgehead atoms. The second-order valence-electron chi connectivity index (χ2n) is 4.60. The zero-order valence-electron chi connectivity index (χ0n) is 10.1. The van der Waals surface area contributed by atoms with Gasteiger partial charge >= 0.3 is 0 Å². The summed E-state index contributed by atoms with van der Waals surface area (Å²) in [4.78, 5) is 0. The van der Waals surface area contributed by atoms with Gasteiger partial charge in [-0.25, -0.2) is 0 Å². The van der Waals surface area contributed by atoms with Crippen molar-refractivity contribution in [1.82, 2.24) is 9.78 Å². The number of aromatic hydroxyl groups is 1.